The van der Waals surface area contributed by atoms with Gasteiger partial charge in [0.1, 0.15) is 5.15 Å². The van der Waals surface area contributed by atoms with Gasteiger partial charge in [-0.2, -0.15) is 40.3 Å². The lowest BCUT2D eigenvalue weighted by molar-refractivity contribution is 0.00578. The normalized spacial score (nSPS) is 18.2. The molecule has 7 aliphatic heterocycles. The smallest absolute Gasteiger partial charge is 0.399 e. The summed E-state index contributed by atoms with van der Waals surface area (Å²) in [6, 6.07) is 1.08. The summed E-state index contributed by atoms with van der Waals surface area (Å²) in [6.45, 7) is 27.2. The molecule has 0 amide bonds. The lowest BCUT2D eigenvalue weighted by Crippen LogP contribution is -2.41. The Labute approximate surface area is 694 Å². The SMILES string of the molecule is Cc1nc(N)ncc1-c1nc(Cl)nc2c1cnn2C1CCOCC1.Cc1nc(N)ncc1-c1nc(N2CCOCC2)nc2c1cnn2C1CCOCC1.Cc1nc(N)ncc1-c1nc(N2CCOCC2)nc2c1cnn2C1CCOCC1.Cc1nc(N)ncc1B1OC(C)(C)C(C)(C)O1.Cl.Clc1nc(Cl)c2cnn(C3CCOCC3)c2n1. The molecule has 117 heavy (non-hydrogen) atoms. The quantitative estimate of drug-likeness (QED) is 0.0566. The number of halogens is 4. The topological polar surface area (TPSA) is 462 Å². The third-order valence-corrected chi connectivity index (χ3v) is 22.4. The maximum atomic E-state index is 6.17. The van der Waals surface area contributed by atoms with Gasteiger partial charge in [-0.1, -0.05) is 11.6 Å². The van der Waals surface area contributed by atoms with Crippen LogP contribution in [0, 0.1) is 27.7 Å². The van der Waals surface area contributed by atoms with Crippen molar-refractivity contribution < 1.29 is 37.7 Å². The maximum Gasteiger partial charge on any atom is 0.498 e. The van der Waals surface area contributed by atoms with Crippen LogP contribution in [0.1, 0.15) is 126 Å². The Hall–Kier alpha value is -9.78. The number of aromatic nitrogens is 24. The molecule has 0 spiro atoms. The van der Waals surface area contributed by atoms with Gasteiger partial charge in [-0.25, -0.2) is 78.5 Å². The number of rotatable bonds is 10. The van der Waals surface area contributed by atoms with Gasteiger partial charge in [0.05, 0.1) is 142 Å². The number of hydrogen-bond acceptors (Lipinski definition) is 34. The minimum atomic E-state index is -0.430. The molecule has 0 aliphatic carbocycles. The average molecular weight is 1680 g/mol. The fraction of sp³-hybridized carbons (Fsp3) is 0.514. The van der Waals surface area contributed by atoms with Crippen LogP contribution in [0.25, 0.3) is 77.9 Å². The summed E-state index contributed by atoms with van der Waals surface area (Å²) in [5, 5.41) is 22.3. The van der Waals surface area contributed by atoms with Gasteiger partial charge in [0, 0.05) is 132 Å². The first kappa shape index (κ1) is 83.7. The van der Waals surface area contributed by atoms with E-state index >= 15 is 0 Å². The summed E-state index contributed by atoms with van der Waals surface area (Å²) in [7, 11) is -0.430. The third-order valence-electron chi connectivity index (χ3n) is 21.7. The molecule has 38 nitrogen and oxygen atoms in total. The Morgan fingerprint density at radius 3 is 0.983 bits per heavy atom. The second-order valence-corrected chi connectivity index (χ2v) is 30.8. The minimum absolute atomic E-state index is 0. The van der Waals surface area contributed by atoms with Crippen molar-refractivity contribution in [2.24, 2.45) is 0 Å². The Morgan fingerprint density at radius 1 is 0.350 bits per heavy atom. The predicted molar refractivity (Wildman–Crippen MR) is 443 cm³/mol. The molecule has 618 valence electrons. The Kier molecular flexibility index (Phi) is 26.2. The number of nitrogens with two attached hydrogens (primary N) is 4. The molecular formula is C74H93BCl4N30O8. The molecule has 8 N–H and O–H groups in total. The highest BCUT2D eigenvalue weighted by molar-refractivity contribution is 6.62. The number of nitrogens with zero attached hydrogens (tertiary/aromatic N) is 26. The number of morpholine rings is 2. The van der Waals surface area contributed by atoms with Crippen molar-refractivity contribution >= 4 is 140 Å². The molecule has 7 aliphatic rings. The van der Waals surface area contributed by atoms with Crippen LogP contribution in [0.5, 0.6) is 0 Å². The number of fused-ring (bicyclic) bond motifs is 4. The largest absolute Gasteiger partial charge is 0.498 e. The number of ether oxygens (including phenoxy) is 6. The predicted octanol–water partition coefficient (Wildman–Crippen LogP) is 8.48. The van der Waals surface area contributed by atoms with Crippen molar-refractivity contribution in [1.29, 1.82) is 0 Å². The van der Waals surface area contributed by atoms with E-state index in [0.717, 1.165) is 220 Å². The van der Waals surface area contributed by atoms with Gasteiger partial charge in [-0.15, -0.1) is 12.4 Å². The van der Waals surface area contributed by atoms with Crippen molar-refractivity contribution in [1.82, 2.24) is 119 Å². The van der Waals surface area contributed by atoms with Crippen molar-refractivity contribution in [2.75, 3.05) is 138 Å². The van der Waals surface area contributed by atoms with Gasteiger partial charge in [0.25, 0.3) is 0 Å². The summed E-state index contributed by atoms with van der Waals surface area (Å²) in [6.07, 6.45) is 21.3. The highest BCUT2D eigenvalue weighted by Crippen LogP contribution is 2.40. The number of hydrogen-bond donors (Lipinski definition) is 4. The highest BCUT2D eigenvalue weighted by Gasteiger charge is 2.52. The van der Waals surface area contributed by atoms with Crippen LogP contribution in [0.4, 0.5) is 35.7 Å². The Balaban J connectivity index is 0.000000122. The molecular weight excluding hydrogens is 1590 g/mol. The number of nitrogen functional groups attached to an aromatic ring is 4. The molecule has 0 unspecified atom stereocenters. The lowest BCUT2D eigenvalue weighted by Gasteiger charge is -2.32. The van der Waals surface area contributed by atoms with Gasteiger partial charge in [-0.05, 0) is 130 Å². The minimum Gasteiger partial charge on any atom is -0.399 e. The van der Waals surface area contributed by atoms with Crippen molar-refractivity contribution in [2.45, 2.75) is 142 Å². The number of anilines is 6. The van der Waals surface area contributed by atoms with Gasteiger partial charge in [0.2, 0.25) is 46.3 Å². The van der Waals surface area contributed by atoms with E-state index in [9.17, 15) is 0 Å². The zero-order valence-electron chi connectivity index (χ0n) is 66.2. The molecule has 7 fully saturated rings. The van der Waals surface area contributed by atoms with Gasteiger partial charge in [0.15, 0.2) is 22.6 Å². The second-order valence-electron chi connectivity index (χ2n) is 29.8. The van der Waals surface area contributed by atoms with E-state index < -0.39 is 7.12 Å². The van der Waals surface area contributed by atoms with Crippen LogP contribution in [-0.2, 0) is 37.7 Å². The van der Waals surface area contributed by atoms with Crippen LogP contribution < -0.4 is 38.2 Å². The third kappa shape index (κ3) is 18.6. The molecule has 19 heterocycles. The molecule has 0 aromatic carbocycles. The first-order valence-corrected chi connectivity index (χ1v) is 39.8. The van der Waals surface area contributed by atoms with Crippen LogP contribution >= 0.6 is 47.2 Å². The van der Waals surface area contributed by atoms with E-state index in [1.165, 1.54) is 0 Å². The maximum absolute atomic E-state index is 6.17. The molecule has 7 saturated heterocycles. The molecule has 0 atom stereocenters. The van der Waals surface area contributed by atoms with E-state index in [1.807, 2.05) is 86.5 Å². The van der Waals surface area contributed by atoms with Gasteiger partial charge in [-0.3, -0.25) is 0 Å². The van der Waals surface area contributed by atoms with Gasteiger partial charge >= 0.3 is 7.12 Å². The molecule has 43 heteroatoms. The molecule has 0 saturated carbocycles. The molecule has 0 radical (unpaired) electrons. The number of aryl methyl sites for hydroxylation is 4. The van der Waals surface area contributed by atoms with E-state index in [1.54, 1.807) is 37.2 Å². The second kappa shape index (κ2) is 36.6. The fourth-order valence-electron chi connectivity index (χ4n) is 14.7. The summed E-state index contributed by atoms with van der Waals surface area (Å²) >= 11 is 18.0. The lowest BCUT2D eigenvalue weighted by atomic mass is 9.79. The zero-order chi connectivity index (χ0) is 80.9. The zero-order valence-corrected chi connectivity index (χ0v) is 69.3. The Morgan fingerprint density at radius 2 is 0.641 bits per heavy atom. The van der Waals surface area contributed by atoms with Crippen LogP contribution in [-0.4, -0.2) is 243 Å². The van der Waals surface area contributed by atoms with Crippen LogP contribution in [0.3, 0.4) is 0 Å². The summed E-state index contributed by atoms with van der Waals surface area (Å²) in [5.41, 5.74) is 33.7. The van der Waals surface area contributed by atoms with E-state index in [0.29, 0.717) is 66.5 Å². The van der Waals surface area contributed by atoms with E-state index in [-0.39, 0.29) is 76.1 Å². The van der Waals surface area contributed by atoms with Crippen LogP contribution in [0.15, 0.2) is 49.6 Å². The molecule has 12 aromatic rings. The summed E-state index contributed by atoms with van der Waals surface area (Å²) in [5.74, 6) is 2.36. The molecule has 12 aromatic heterocycles. The van der Waals surface area contributed by atoms with Gasteiger partial charge < -0.3 is 70.5 Å². The highest BCUT2D eigenvalue weighted by atomic mass is 35.5. The van der Waals surface area contributed by atoms with Crippen LogP contribution in [0.2, 0.25) is 15.7 Å². The first-order valence-electron chi connectivity index (χ1n) is 38.7. The molecule has 0 bridgehead atoms. The van der Waals surface area contributed by atoms with E-state index in [2.05, 4.69) is 90.0 Å². The first-order chi connectivity index (χ1) is 56.0. The molecule has 19 rings (SSSR count). The average Bonchev–Trinajstić information content (AvgIpc) is 1.71. The monoisotopic (exact) mass is 1680 g/mol. The standard InChI is InChI=1S/2C19H24N8O2.C15H16ClN7O.C11H18BN3O2.C10H10Cl2N4O.ClH/c2*1-12-14(10-21-18(20)23-12)16-15-11-22-27(13-2-6-28-7-3-13)17(15)25-19(24-16)26-4-8-29-9-5-26;1-8-10(6-18-15(17)20-8)12-11-7-19-23(9-2-4-24-5-3-9)13(11)22-14(16)21-12;1-7-8(6-14-9(13)15-7)12-16-10(2,3)11(4,5)17-12;11-8-7-5-13-16(6-1-3-17-4-2-6)9(7)15-10(12)14-8;/h2*10-11,13H,2-9H2,1H3,(H2,20,21,23);6-7,9H,2-5H2,1H3,(H2,17,18,20);6H,1-5H3,(H2,13,14,15);5-6H,1-4H2;1H. The summed E-state index contributed by atoms with van der Waals surface area (Å²) < 4.78 is 52.5. The van der Waals surface area contributed by atoms with Crippen molar-refractivity contribution in [3.63, 3.8) is 0 Å². The van der Waals surface area contributed by atoms with Crippen molar-refractivity contribution in [3.05, 3.63) is 88.1 Å². The fourth-order valence-corrected chi connectivity index (χ4v) is 15.2. The van der Waals surface area contributed by atoms with Crippen molar-refractivity contribution in [3.8, 4) is 33.8 Å². The van der Waals surface area contributed by atoms with E-state index in [4.69, 9.17) is 115 Å². The summed E-state index contributed by atoms with van der Waals surface area (Å²) in [4.78, 5) is 74.2. The Bertz CT molecular complexity index is 5290.